The molecular formula is C21H23ClN3OS+. The molecule has 0 saturated heterocycles. The zero-order chi connectivity index (χ0) is 19.2. The fourth-order valence-electron chi connectivity index (χ4n) is 2.82. The van der Waals surface area contributed by atoms with Crippen molar-refractivity contribution in [2.75, 3.05) is 18.4 Å². The molecule has 0 aliphatic rings. The second kappa shape index (κ2) is 9.13. The van der Waals surface area contributed by atoms with Gasteiger partial charge in [0.2, 0.25) is 0 Å². The fraction of sp³-hybridized carbons (Fsp3) is 0.238. The van der Waals surface area contributed by atoms with Crippen molar-refractivity contribution in [1.29, 1.82) is 0 Å². The van der Waals surface area contributed by atoms with E-state index in [1.807, 2.05) is 37.3 Å². The number of carbonyl (C=O) groups excluding carboxylic acids is 1. The lowest BCUT2D eigenvalue weighted by Gasteiger charge is -2.16. The SMILES string of the molecule is CC[NH+](CC(=O)Nc1cc(Cl)ccc1C)Cc1csc(-c2ccccc2)n1. The van der Waals surface area contributed by atoms with E-state index in [4.69, 9.17) is 16.6 Å². The van der Waals surface area contributed by atoms with Crippen LogP contribution in [0.3, 0.4) is 0 Å². The first-order valence-electron chi connectivity index (χ1n) is 8.94. The lowest BCUT2D eigenvalue weighted by molar-refractivity contribution is -0.904. The number of carbonyl (C=O) groups is 1. The second-order valence-corrected chi connectivity index (χ2v) is 7.77. The highest BCUT2D eigenvalue weighted by molar-refractivity contribution is 7.13. The van der Waals surface area contributed by atoms with E-state index in [9.17, 15) is 4.79 Å². The van der Waals surface area contributed by atoms with Crippen molar-refractivity contribution in [3.8, 4) is 10.6 Å². The molecule has 6 heteroatoms. The Labute approximate surface area is 168 Å². The normalized spacial score (nSPS) is 12.0. The number of nitrogens with one attached hydrogen (secondary N) is 2. The van der Waals surface area contributed by atoms with Crippen LogP contribution in [0, 0.1) is 6.92 Å². The number of aromatic nitrogens is 1. The lowest BCUT2D eigenvalue weighted by Crippen LogP contribution is -3.11. The molecule has 3 rings (SSSR count). The maximum atomic E-state index is 12.5. The number of hydrogen-bond acceptors (Lipinski definition) is 3. The van der Waals surface area contributed by atoms with Gasteiger partial charge in [0.15, 0.2) is 6.54 Å². The number of rotatable bonds is 7. The van der Waals surface area contributed by atoms with E-state index in [1.54, 1.807) is 17.4 Å². The molecule has 1 aromatic heterocycles. The smallest absolute Gasteiger partial charge is 0.279 e. The maximum absolute atomic E-state index is 12.5. The van der Waals surface area contributed by atoms with Gasteiger partial charge in [-0.2, -0.15) is 0 Å². The summed E-state index contributed by atoms with van der Waals surface area (Å²) in [6.45, 7) is 6.00. The standard InChI is InChI=1S/C21H22ClN3OS/c1-3-25(13-20(26)24-19-11-17(22)10-9-15(19)2)12-18-14-27-21(23-18)16-7-5-4-6-8-16/h4-11,14H,3,12-13H2,1-2H3,(H,24,26)/p+1. The molecule has 2 N–H and O–H groups in total. The summed E-state index contributed by atoms with van der Waals surface area (Å²) in [5.41, 5.74) is 3.91. The second-order valence-electron chi connectivity index (χ2n) is 6.47. The summed E-state index contributed by atoms with van der Waals surface area (Å²) >= 11 is 7.67. The van der Waals surface area contributed by atoms with Gasteiger partial charge >= 0.3 is 0 Å². The van der Waals surface area contributed by atoms with E-state index in [0.717, 1.165) is 45.5 Å². The van der Waals surface area contributed by atoms with Crippen molar-refractivity contribution in [3.63, 3.8) is 0 Å². The molecule has 0 bridgehead atoms. The monoisotopic (exact) mass is 400 g/mol. The average molecular weight is 401 g/mol. The highest BCUT2D eigenvalue weighted by atomic mass is 35.5. The van der Waals surface area contributed by atoms with Crippen LogP contribution in [0.15, 0.2) is 53.9 Å². The van der Waals surface area contributed by atoms with Gasteiger partial charge < -0.3 is 10.2 Å². The Balaban J connectivity index is 1.61. The van der Waals surface area contributed by atoms with E-state index < -0.39 is 0 Å². The summed E-state index contributed by atoms with van der Waals surface area (Å²) in [5.74, 6) is -0.0178. The van der Waals surface area contributed by atoms with E-state index in [1.165, 1.54) is 0 Å². The first-order valence-corrected chi connectivity index (χ1v) is 10.2. The molecule has 1 amide bonds. The molecular weight excluding hydrogens is 378 g/mol. The Morgan fingerprint density at radius 3 is 2.74 bits per heavy atom. The summed E-state index contributed by atoms with van der Waals surface area (Å²) in [5, 5.41) is 6.68. The predicted molar refractivity (Wildman–Crippen MR) is 112 cm³/mol. The molecule has 27 heavy (non-hydrogen) atoms. The summed E-state index contributed by atoms with van der Waals surface area (Å²) in [4.78, 5) is 18.4. The minimum atomic E-state index is -0.0178. The topological polar surface area (TPSA) is 46.4 Å². The third-order valence-electron chi connectivity index (χ3n) is 4.39. The quantitative estimate of drug-likeness (QED) is 0.633. The third-order valence-corrected chi connectivity index (χ3v) is 5.56. The van der Waals surface area contributed by atoms with E-state index >= 15 is 0 Å². The third kappa shape index (κ3) is 5.39. The number of nitrogens with zero attached hydrogens (tertiary/aromatic N) is 1. The van der Waals surface area contributed by atoms with Gasteiger partial charge in [-0.05, 0) is 31.5 Å². The number of anilines is 1. The minimum Gasteiger partial charge on any atom is -0.322 e. The number of halogens is 1. The average Bonchev–Trinajstić information content (AvgIpc) is 3.13. The number of quaternary nitrogens is 1. The van der Waals surface area contributed by atoms with Gasteiger partial charge in [0.25, 0.3) is 5.91 Å². The Hall–Kier alpha value is -2.21. The first-order chi connectivity index (χ1) is 13.0. The zero-order valence-corrected chi connectivity index (χ0v) is 17.0. The molecule has 2 aromatic carbocycles. The molecule has 0 spiro atoms. The van der Waals surface area contributed by atoms with Crippen LogP contribution in [0.1, 0.15) is 18.2 Å². The van der Waals surface area contributed by atoms with Gasteiger partial charge in [0.05, 0.1) is 6.54 Å². The van der Waals surface area contributed by atoms with Crippen molar-refractivity contribution >= 4 is 34.5 Å². The van der Waals surface area contributed by atoms with Crippen LogP contribution in [-0.4, -0.2) is 24.0 Å². The largest absolute Gasteiger partial charge is 0.322 e. The van der Waals surface area contributed by atoms with Crippen molar-refractivity contribution in [1.82, 2.24) is 4.98 Å². The molecule has 0 fully saturated rings. The molecule has 3 aromatic rings. The number of thiazole rings is 1. The Morgan fingerprint density at radius 1 is 1.22 bits per heavy atom. The van der Waals surface area contributed by atoms with Gasteiger partial charge in [0, 0.05) is 21.7 Å². The van der Waals surface area contributed by atoms with Gasteiger partial charge in [-0.25, -0.2) is 4.98 Å². The minimum absolute atomic E-state index is 0.0178. The van der Waals surface area contributed by atoms with Gasteiger partial charge in [-0.3, -0.25) is 4.79 Å². The zero-order valence-electron chi connectivity index (χ0n) is 15.5. The summed E-state index contributed by atoms with van der Waals surface area (Å²) in [6, 6.07) is 15.7. The molecule has 140 valence electrons. The van der Waals surface area contributed by atoms with E-state index in [0.29, 0.717) is 11.6 Å². The molecule has 1 heterocycles. The maximum Gasteiger partial charge on any atom is 0.279 e. The number of hydrogen-bond donors (Lipinski definition) is 2. The fourth-order valence-corrected chi connectivity index (χ4v) is 3.82. The Bertz CT molecular complexity index is 911. The Morgan fingerprint density at radius 2 is 2.00 bits per heavy atom. The van der Waals surface area contributed by atoms with E-state index in [-0.39, 0.29) is 5.91 Å². The van der Waals surface area contributed by atoms with Crippen LogP contribution >= 0.6 is 22.9 Å². The number of aryl methyl sites for hydroxylation is 1. The van der Waals surface area contributed by atoms with Crippen LogP contribution in [-0.2, 0) is 11.3 Å². The van der Waals surface area contributed by atoms with Crippen molar-refractivity contribution in [2.24, 2.45) is 0 Å². The molecule has 0 radical (unpaired) electrons. The van der Waals surface area contributed by atoms with Crippen LogP contribution in [0.2, 0.25) is 5.02 Å². The Kier molecular flexibility index (Phi) is 6.61. The lowest BCUT2D eigenvalue weighted by atomic mass is 10.2. The van der Waals surface area contributed by atoms with Crippen molar-refractivity contribution < 1.29 is 9.69 Å². The summed E-state index contributed by atoms with van der Waals surface area (Å²) in [6.07, 6.45) is 0. The van der Waals surface area contributed by atoms with Crippen LogP contribution in [0.25, 0.3) is 10.6 Å². The number of likely N-dealkylation sites (N-methyl/N-ethyl adjacent to an activating group) is 1. The van der Waals surface area contributed by atoms with Gasteiger partial charge in [-0.1, -0.05) is 48.0 Å². The highest BCUT2D eigenvalue weighted by Crippen LogP contribution is 2.23. The van der Waals surface area contributed by atoms with Crippen molar-refractivity contribution in [2.45, 2.75) is 20.4 Å². The molecule has 1 atom stereocenters. The molecule has 1 unspecified atom stereocenters. The highest BCUT2D eigenvalue weighted by Gasteiger charge is 2.16. The van der Waals surface area contributed by atoms with Crippen molar-refractivity contribution in [3.05, 3.63) is 70.2 Å². The van der Waals surface area contributed by atoms with Gasteiger partial charge in [-0.15, -0.1) is 11.3 Å². The van der Waals surface area contributed by atoms with Crippen LogP contribution in [0.5, 0.6) is 0 Å². The first kappa shape index (κ1) is 19.5. The number of amides is 1. The van der Waals surface area contributed by atoms with Gasteiger partial charge in [0.1, 0.15) is 17.2 Å². The van der Waals surface area contributed by atoms with Crippen LogP contribution < -0.4 is 10.2 Å². The number of benzene rings is 2. The van der Waals surface area contributed by atoms with Crippen LogP contribution in [0.4, 0.5) is 5.69 Å². The molecule has 0 aliphatic carbocycles. The summed E-state index contributed by atoms with van der Waals surface area (Å²) < 4.78 is 0. The molecule has 4 nitrogen and oxygen atoms in total. The van der Waals surface area contributed by atoms with E-state index in [2.05, 4.69) is 29.8 Å². The predicted octanol–water partition coefficient (Wildman–Crippen LogP) is 3.82. The molecule has 0 saturated carbocycles. The molecule has 0 aliphatic heterocycles. The summed E-state index contributed by atoms with van der Waals surface area (Å²) in [7, 11) is 0.